The highest BCUT2D eigenvalue weighted by molar-refractivity contribution is 5.54. The third-order valence-corrected chi connectivity index (χ3v) is 3.52. The first-order valence-corrected chi connectivity index (χ1v) is 5.76. The summed E-state index contributed by atoms with van der Waals surface area (Å²) >= 11 is 0. The molecular weight excluding hydrogens is 170 g/mol. The fourth-order valence-electron chi connectivity index (χ4n) is 2.55. The van der Waals surface area contributed by atoms with Crippen LogP contribution in [0.1, 0.15) is 37.2 Å². The quantitative estimate of drug-likeness (QED) is 0.748. The van der Waals surface area contributed by atoms with E-state index in [4.69, 9.17) is 0 Å². The van der Waals surface area contributed by atoms with E-state index >= 15 is 0 Å². The standard InChI is InChI=1S/C13H17N/c1-2-4-13-12(3-1)11(7-8-14-13)9-10-5-6-10/h1-4,10-11,14H,5-9H2. The van der Waals surface area contributed by atoms with Gasteiger partial charge in [-0.25, -0.2) is 0 Å². The number of benzene rings is 1. The Hall–Kier alpha value is -0.980. The maximum Gasteiger partial charge on any atom is 0.0375 e. The molecule has 1 nitrogen and oxygen atoms in total. The van der Waals surface area contributed by atoms with Gasteiger partial charge in [0.15, 0.2) is 0 Å². The fraction of sp³-hybridized carbons (Fsp3) is 0.538. The molecule has 0 radical (unpaired) electrons. The van der Waals surface area contributed by atoms with E-state index in [-0.39, 0.29) is 0 Å². The lowest BCUT2D eigenvalue weighted by Crippen LogP contribution is -2.16. The van der Waals surface area contributed by atoms with Crippen LogP contribution in [0.25, 0.3) is 0 Å². The van der Waals surface area contributed by atoms with Gasteiger partial charge in [0.05, 0.1) is 0 Å². The number of anilines is 1. The Balaban J connectivity index is 1.85. The maximum atomic E-state index is 3.49. The van der Waals surface area contributed by atoms with Crippen molar-refractivity contribution in [3.63, 3.8) is 0 Å². The van der Waals surface area contributed by atoms with Gasteiger partial charge < -0.3 is 5.32 Å². The molecule has 0 bridgehead atoms. The molecule has 1 N–H and O–H groups in total. The van der Waals surface area contributed by atoms with Crippen molar-refractivity contribution >= 4 is 5.69 Å². The molecule has 1 heterocycles. The van der Waals surface area contributed by atoms with E-state index in [0.717, 1.165) is 18.4 Å². The van der Waals surface area contributed by atoms with Crippen LogP contribution in [0.15, 0.2) is 24.3 Å². The molecule has 1 unspecified atom stereocenters. The van der Waals surface area contributed by atoms with Gasteiger partial charge >= 0.3 is 0 Å². The predicted molar refractivity (Wildman–Crippen MR) is 59.6 cm³/mol. The van der Waals surface area contributed by atoms with Crippen LogP contribution < -0.4 is 5.32 Å². The molecule has 74 valence electrons. The summed E-state index contributed by atoms with van der Waals surface area (Å²) in [4.78, 5) is 0. The van der Waals surface area contributed by atoms with Crippen molar-refractivity contribution in [3.8, 4) is 0 Å². The minimum atomic E-state index is 0.833. The Labute approximate surface area is 85.5 Å². The summed E-state index contributed by atoms with van der Waals surface area (Å²) in [6.07, 6.45) is 5.71. The zero-order valence-corrected chi connectivity index (χ0v) is 8.50. The van der Waals surface area contributed by atoms with Gasteiger partial charge in [-0.05, 0) is 36.3 Å². The number of hydrogen-bond acceptors (Lipinski definition) is 1. The van der Waals surface area contributed by atoms with Crippen LogP contribution in [0.4, 0.5) is 5.69 Å². The molecule has 0 aromatic heterocycles. The van der Waals surface area contributed by atoms with E-state index < -0.39 is 0 Å². The van der Waals surface area contributed by atoms with Crippen LogP contribution in [0, 0.1) is 5.92 Å². The summed E-state index contributed by atoms with van der Waals surface area (Å²) in [5.41, 5.74) is 2.94. The Morgan fingerprint density at radius 1 is 1.14 bits per heavy atom. The molecule has 1 fully saturated rings. The predicted octanol–water partition coefficient (Wildman–Crippen LogP) is 3.39. The lowest BCUT2D eigenvalue weighted by atomic mass is 9.87. The first-order chi connectivity index (χ1) is 6.93. The van der Waals surface area contributed by atoms with Crippen molar-refractivity contribution in [2.75, 3.05) is 11.9 Å². The number of rotatable bonds is 2. The second-order valence-electron chi connectivity index (χ2n) is 4.68. The van der Waals surface area contributed by atoms with E-state index in [1.165, 1.54) is 31.4 Å². The Kier molecular flexibility index (Phi) is 1.97. The molecule has 2 aliphatic rings. The molecule has 1 heteroatoms. The average molecular weight is 187 g/mol. The highest BCUT2D eigenvalue weighted by Gasteiger charge is 2.28. The minimum Gasteiger partial charge on any atom is -0.385 e. The lowest BCUT2D eigenvalue weighted by Gasteiger charge is -2.26. The molecule has 1 aliphatic heterocycles. The maximum absolute atomic E-state index is 3.49. The van der Waals surface area contributed by atoms with Gasteiger partial charge in [0, 0.05) is 12.2 Å². The fourth-order valence-corrected chi connectivity index (χ4v) is 2.55. The van der Waals surface area contributed by atoms with E-state index in [1.54, 1.807) is 5.56 Å². The molecule has 0 amide bonds. The highest BCUT2D eigenvalue weighted by atomic mass is 14.9. The zero-order chi connectivity index (χ0) is 9.38. The third kappa shape index (κ3) is 1.52. The summed E-state index contributed by atoms with van der Waals surface area (Å²) in [5.74, 6) is 1.88. The normalized spacial score (nSPS) is 25.3. The van der Waals surface area contributed by atoms with Crippen molar-refractivity contribution in [3.05, 3.63) is 29.8 Å². The Bertz CT molecular complexity index is 328. The van der Waals surface area contributed by atoms with Crippen LogP contribution in [0.3, 0.4) is 0 Å². The number of nitrogens with one attached hydrogen (secondary N) is 1. The molecule has 1 saturated carbocycles. The number of fused-ring (bicyclic) bond motifs is 1. The van der Waals surface area contributed by atoms with Gasteiger partial charge in [0.1, 0.15) is 0 Å². The van der Waals surface area contributed by atoms with Crippen LogP contribution in [0.5, 0.6) is 0 Å². The van der Waals surface area contributed by atoms with Crippen molar-refractivity contribution in [2.24, 2.45) is 5.92 Å². The SMILES string of the molecule is c1ccc2c(c1)NCCC2CC1CC1. The van der Waals surface area contributed by atoms with Gasteiger partial charge in [0.2, 0.25) is 0 Å². The van der Waals surface area contributed by atoms with Crippen LogP contribution in [0.2, 0.25) is 0 Å². The topological polar surface area (TPSA) is 12.0 Å². The average Bonchev–Trinajstić information content (AvgIpc) is 3.03. The van der Waals surface area contributed by atoms with Crippen molar-refractivity contribution in [2.45, 2.75) is 31.6 Å². The van der Waals surface area contributed by atoms with Gasteiger partial charge in [-0.2, -0.15) is 0 Å². The van der Waals surface area contributed by atoms with Crippen molar-refractivity contribution in [1.82, 2.24) is 0 Å². The largest absolute Gasteiger partial charge is 0.385 e. The highest BCUT2D eigenvalue weighted by Crippen LogP contribution is 2.42. The van der Waals surface area contributed by atoms with E-state index in [9.17, 15) is 0 Å². The third-order valence-electron chi connectivity index (χ3n) is 3.52. The monoisotopic (exact) mass is 187 g/mol. The molecule has 14 heavy (non-hydrogen) atoms. The van der Waals surface area contributed by atoms with Gasteiger partial charge in [-0.15, -0.1) is 0 Å². The number of hydrogen-bond donors (Lipinski definition) is 1. The lowest BCUT2D eigenvalue weighted by molar-refractivity contribution is 0.541. The molecule has 3 rings (SSSR count). The second-order valence-corrected chi connectivity index (χ2v) is 4.68. The van der Waals surface area contributed by atoms with Crippen molar-refractivity contribution in [1.29, 1.82) is 0 Å². The van der Waals surface area contributed by atoms with Gasteiger partial charge in [-0.3, -0.25) is 0 Å². The summed E-state index contributed by atoms with van der Waals surface area (Å²) < 4.78 is 0. The van der Waals surface area contributed by atoms with Gasteiger partial charge in [0.25, 0.3) is 0 Å². The molecule has 1 atom stereocenters. The van der Waals surface area contributed by atoms with Gasteiger partial charge in [-0.1, -0.05) is 31.0 Å². The first-order valence-electron chi connectivity index (χ1n) is 5.76. The number of para-hydroxylation sites is 1. The summed E-state index contributed by atoms with van der Waals surface area (Å²) in [7, 11) is 0. The van der Waals surface area contributed by atoms with E-state index in [1.807, 2.05) is 0 Å². The smallest absolute Gasteiger partial charge is 0.0375 e. The Morgan fingerprint density at radius 3 is 2.86 bits per heavy atom. The van der Waals surface area contributed by atoms with E-state index in [0.29, 0.717) is 0 Å². The summed E-state index contributed by atoms with van der Waals surface area (Å²) in [5, 5.41) is 3.49. The molecule has 0 saturated heterocycles. The Morgan fingerprint density at radius 2 is 2.00 bits per heavy atom. The zero-order valence-electron chi connectivity index (χ0n) is 8.50. The molecule has 1 aromatic carbocycles. The van der Waals surface area contributed by atoms with Crippen molar-refractivity contribution < 1.29 is 0 Å². The second kappa shape index (κ2) is 3.30. The molecule has 0 spiro atoms. The summed E-state index contributed by atoms with van der Waals surface area (Å²) in [6, 6.07) is 8.82. The molecule has 1 aliphatic carbocycles. The van der Waals surface area contributed by atoms with Crippen LogP contribution >= 0.6 is 0 Å². The van der Waals surface area contributed by atoms with Crippen LogP contribution in [-0.4, -0.2) is 6.54 Å². The minimum absolute atomic E-state index is 0.833. The molecule has 1 aromatic rings. The molecular formula is C13H17N. The first kappa shape index (κ1) is 8.34. The summed E-state index contributed by atoms with van der Waals surface area (Å²) in [6.45, 7) is 1.16. The van der Waals surface area contributed by atoms with E-state index in [2.05, 4.69) is 29.6 Å². The van der Waals surface area contributed by atoms with Crippen LogP contribution in [-0.2, 0) is 0 Å².